The lowest BCUT2D eigenvalue weighted by Crippen LogP contribution is -2.21. The summed E-state index contributed by atoms with van der Waals surface area (Å²) in [5, 5.41) is 5.52. The van der Waals surface area contributed by atoms with Crippen molar-refractivity contribution in [3.05, 3.63) is 82.9 Å². The van der Waals surface area contributed by atoms with E-state index in [9.17, 15) is 13.6 Å². The molecule has 0 bridgehead atoms. The van der Waals surface area contributed by atoms with Gasteiger partial charge in [-0.1, -0.05) is 18.2 Å². The number of benzene rings is 2. The minimum atomic E-state index is -1.04. The van der Waals surface area contributed by atoms with Crippen molar-refractivity contribution < 1.29 is 18.0 Å². The van der Waals surface area contributed by atoms with E-state index in [1.807, 2.05) is 6.07 Å². The van der Waals surface area contributed by atoms with Crippen molar-refractivity contribution in [2.75, 3.05) is 5.32 Å². The van der Waals surface area contributed by atoms with E-state index in [2.05, 4.69) is 15.3 Å². The molecule has 2 aromatic carbocycles. The van der Waals surface area contributed by atoms with Crippen LogP contribution in [0.1, 0.15) is 10.4 Å². The second-order valence-corrected chi connectivity index (χ2v) is 6.40. The molecule has 0 aliphatic heterocycles. The average Bonchev–Trinajstić information content (AvgIpc) is 3.17. The van der Waals surface area contributed by atoms with Crippen LogP contribution in [0.4, 0.5) is 19.6 Å². The Labute approximate surface area is 155 Å². The monoisotopic (exact) mass is 383 g/mol. The fourth-order valence-corrected chi connectivity index (χ4v) is 2.96. The number of para-hydroxylation sites is 1. The van der Waals surface area contributed by atoms with Gasteiger partial charge in [-0.15, -0.1) is 11.3 Å². The molecule has 134 valence electrons. The third-order valence-electron chi connectivity index (χ3n) is 3.69. The number of carbonyl (C=O) groups is 1. The van der Waals surface area contributed by atoms with Gasteiger partial charge < -0.3 is 4.42 Å². The molecule has 0 spiro atoms. The van der Waals surface area contributed by atoms with Crippen LogP contribution in [0, 0.1) is 11.6 Å². The number of hydrogen-bond donors (Lipinski definition) is 1. The first kappa shape index (κ1) is 17.0. The quantitative estimate of drug-likeness (QED) is 0.560. The predicted octanol–water partition coefficient (Wildman–Crippen LogP) is 4.65. The van der Waals surface area contributed by atoms with E-state index >= 15 is 0 Å². The van der Waals surface area contributed by atoms with E-state index < -0.39 is 17.5 Å². The molecule has 4 aromatic rings. The zero-order valence-electron chi connectivity index (χ0n) is 13.6. The Bertz CT molecular complexity index is 1200. The highest BCUT2D eigenvalue weighted by atomic mass is 32.1. The molecule has 4 rings (SSSR count). The number of halogens is 2. The highest BCUT2D eigenvalue weighted by Crippen LogP contribution is 2.18. The molecule has 2 heterocycles. The Morgan fingerprint density at radius 2 is 1.96 bits per heavy atom. The van der Waals surface area contributed by atoms with E-state index in [0.717, 1.165) is 12.1 Å². The number of thiazole rings is 1. The van der Waals surface area contributed by atoms with Crippen molar-refractivity contribution in [3.63, 3.8) is 0 Å². The molecule has 27 heavy (non-hydrogen) atoms. The number of anilines is 1. The van der Waals surface area contributed by atoms with Gasteiger partial charge in [0, 0.05) is 23.0 Å². The van der Waals surface area contributed by atoms with Gasteiger partial charge in [0.2, 0.25) is 5.55 Å². The molecule has 5 nitrogen and oxygen atoms in total. The molecule has 0 atom stereocenters. The summed E-state index contributed by atoms with van der Waals surface area (Å²) in [6.07, 6.45) is 1.57. The van der Waals surface area contributed by atoms with E-state index in [-0.39, 0.29) is 16.8 Å². The fraction of sp³-hybridized carbons (Fsp3) is 0. The van der Waals surface area contributed by atoms with Crippen molar-refractivity contribution in [2.24, 2.45) is 4.99 Å². The lowest BCUT2D eigenvalue weighted by Gasteiger charge is -2.05. The third kappa shape index (κ3) is 3.61. The van der Waals surface area contributed by atoms with Crippen molar-refractivity contribution in [1.82, 2.24) is 4.98 Å². The maximum atomic E-state index is 13.5. The highest BCUT2D eigenvalue weighted by Gasteiger charge is 2.14. The number of carbonyl (C=O) groups excluding carboxylic acids is 1. The van der Waals surface area contributed by atoms with Gasteiger partial charge in [-0.25, -0.2) is 18.8 Å². The van der Waals surface area contributed by atoms with Crippen LogP contribution in [-0.2, 0) is 0 Å². The Morgan fingerprint density at radius 1 is 1.11 bits per heavy atom. The summed E-state index contributed by atoms with van der Waals surface area (Å²) >= 11 is 1.27. The molecule has 0 saturated heterocycles. The molecule has 0 fully saturated rings. The summed E-state index contributed by atoms with van der Waals surface area (Å²) in [7, 11) is 0. The molecule has 1 N–H and O–H groups in total. The lowest BCUT2D eigenvalue weighted by atomic mass is 10.2. The summed E-state index contributed by atoms with van der Waals surface area (Å²) in [4.78, 5) is 20.9. The first-order valence-corrected chi connectivity index (χ1v) is 8.71. The number of rotatable bonds is 3. The van der Waals surface area contributed by atoms with E-state index in [0.29, 0.717) is 16.1 Å². The molecule has 0 unspecified atom stereocenters. The van der Waals surface area contributed by atoms with Crippen molar-refractivity contribution >= 4 is 39.0 Å². The third-order valence-corrected chi connectivity index (χ3v) is 4.38. The Kier molecular flexibility index (Phi) is 4.47. The van der Waals surface area contributed by atoms with E-state index in [4.69, 9.17) is 4.42 Å². The molecule has 0 radical (unpaired) electrons. The molecule has 2 aromatic heterocycles. The minimum absolute atomic E-state index is 0.0197. The van der Waals surface area contributed by atoms with Gasteiger partial charge in [0.05, 0.1) is 5.69 Å². The normalized spacial score (nSPS) is 11.7. The van der Waals surface area contributed by atoms with Gasteiger partial charge in [-0.05, 0) is 24.3 Å². The Hall–Kier alpha value is -3.39. The average molecular weight is 383 g/mol. The number of nitrogens with zero attached hydrogens (tertiary/aromatic N) is 2. The van der Waals surface area contributed by atoms with Gasteiger partial charge in [0.15, 0.2) is 16.8 Å². The summed E-state index contributed by atoms with van der Waals surface area (Å²) in [5.41, 5.74) is 0.753. The van der Waals surface area contributed by atoms with Crippen LogP contribution in [0.5, 0.6) is 0 Å². The molecule has 1 amide bonds. The fourth-order valence-electron chi connectivity index (χ4n) is 2.44. The second kappa shape index (κ2) is 7.08. The smallest absolute Gasteiger partial charge is 0.262 e. The topological polar surface area (TPSA) is 67.5 Å². The second-order valence-electron chi connectivity index (χ2n) is 5.50. The maximum absolute atomic E-state index is 13.5. The predicted molar refractivity (Wildman–Crippen MR) is 97.9 cm³/mol. The molecule has 8 heteroatoms. The van der Waals surface area contributed by atoms with Crippen LogP contribution in [-0.4, -0.2) is 10.9 Å². The Balaban J connectivity index is 1.87. The van der Waals surface area contributed by atoms with Crippen LogP contribution in [0.3, 0.4) is 0 Å². The zero-order valence-corrected chi connectivity index (χ0v) is 14.5. The number of nitrogens with one attached hydrogen (secondary N) is 1. The van der Waals surface area contributed by atoms with Gasteiger partial charge in [-0.2, -0.15) is 0 Å². The summed E-state index contributed by atoms with van der Waals surface area (Å²) in [6, 6.07) is 11.9. The molecule has 0 aliphatic carbocycles. The maximum Gasteiger partial charge on any atom is 0.262 e. The van der Waals surface area contributed by atoms with Crippen LogP contribution in [0.15, 0.2) is 69.5 Å². The van der Waals surface area contributed by atoms with E-state index in [1.165, 1.54) is 17.4 Å². The largest absolute Gasteiger partial charge is 0.438 e. The van der Waals surface area contributed by atoms with Gasteiger partial charge in [-0.3, -0.25) is 10.1 Å². The number of aromatic nitrogens is 1. The summed E-state index contributed by atoms with van der Waals surface area (Å²) in [5.74, 6) is -2.49. The van der Waals surface area contributed by atoms with E-state index in [1.54, 1.807) is 35.8 Å². The van der Waals surface area contributed by atoms with Gasteiger partial charge >= 0.3 is 0 Å². The standard InChI is InChI=1S/C19H11F2N3O2S/c20-14-6-5-12(10-15(14)21)23-18-13(17(25)24-19-22-7-8-27-19)9-11-3-1-2-4-16(11)26-18/h1-10H,(H,22,24,25). The van der Waals surface area contributed by atoms with Crippen molar-refractivity contribution in [3.8, 4) is 0 Å². The highest BCUT2D eigenvalue weighted by molar-refractivity contribution is 7.13. The molecular formula is C19H11F2N3O2S. The number of hydrogen-bond acceptors (Lipinski definition) is 5. The summed E-state index contributed by atoms with van der Waals surface area (Å²) in [6.45, 7) is 0. The van der Waals surface area contributed by atoms with Gasteiger partial charge in [0.25, 0.3) is 5.91 Å². The van der Waals surface area contributed by atoms with Crippen molar-refractivity contribution in [2.45, 2.75) is 0 Å². The van der Waals surface area contributed by atoms with Crippen molar-refractivity contribution in [1.29, 1.82) is 0 Å². The number of fused-ring (bicyclic) bond motifs is 1. The molecule has 0 aliphatic rings. The SMILES string of the molecule is O=C(Nc1nccs1)c1cc2ccccc2oc1=Nc1ccc(F)c(F)c1. The van der Waals surface area contributed by atoms with Crippen LogP contribution in [0.2, 0.25) is 0 Å². The first-order valence-electron chi connectivity index (χ1n) is 7.84. The first-order chi connectivity index (χ1) is 13.1. The number of amides is 1. The van der Waals surface area contributed by atoms with Crippen LogP contribution < -0.4 is 10.9 Å². The van der Waals surface area contributed by atoms with Crippen LogP contribution in [0.25, 0.3) is 11.0 Å². The van der Waals surface area contributed by atoms with Gasteiger partial charge in [0.1, 0.15) is 11.1 Å². The summed E-state index contributed by atoms with van der Waals surface area (Å²) < 4.78 is 32.4. The molecular weight excluding hydrogens is 372 g/mol. The zero-order chi connectivity index (χ0) is 18.8. The minimum Gasteiger partial charge on any atom is -0.438 e. The molecule has 0 saturated carbocycles. The Morgan fingerprint density at radius 3 is 2.74 bits per heavy atom. The van der Waals surface area contributed by atoms with Crippen LogP contribution >= 0.6 is 11.3 Å². The lowest BCUT2D eigenvalue weighted by molar-refractivity contribution is 0.102.